The molecule has 0 bridgehead atoms. The minimum Gasteiger partial charge on any atom is -0.202 e. The molecule has 0 spiro atoms. The maximum Gasteiger partial charge on any atom is 1.00 e. The van der Waals surface area contributed by atoms with E-state index in [-0.39, 0.29) is 29.6 Å². The largest absolute Gasteiger partial charge is 1.00 e. The van der Waals surface area contributed by atoms with Crippen LogP contribution in [0.15, 0.2) is 4.90 Å². The van der Waals surface area contributed by atoms with Gasteiger partial charge in [-0.2, -0.15) is 0 Å². The molecule has 0 saturated heterocycles. The van der Waals surface area contributed by atoms with Gasteiger partial charge in [-0.25, -0.2) is 22.0 Å². The molecule has 1 rings (SSSR count). The van der Waals surface area contributed by atoms with E-state index in [4.69, 9.17) is 0 Å². The standard InChI is InChI=1S/C6HF5S.Na/c7-1-2(8)4(10)6(12)5(11)3(1)9;/h12H;/q;+1. The quantitative estimate of drug-likeness (QED) is 0.201. The van der Waals surface area contributed by atoms with Gasteiger partial charge >= 0.3 is 29.6 Å². The van der Waals surface area contributed by atoms with E-state index >= 15 is 0 Å². The fourth-order valence-electron chi connectivity index (χ4n) is 0.593. The van der Waals surface area contributed by atoms with Gasteiger partial charge in [-0.15, -0.1) is 12.6 Å². The molecule has 0 fully saturated rings. The van der Waals surface area contributed by atoms with E-state index in [1.165, 1.54) is 0 Å². The van der Waals surface area contributed by atoms with Crippen LogP contribution < -0.4 is 29.6 Å². The van der Waals surface area contributed by atoms with Crippen LogP contribution in [0.25, 0.3) is 0 Å². The number of hydrogen-bond donors (Lipinski definition) is 1. The summed E-state index contributed by atoms with van der Waals surface area (Å²) in [4.78, 5) is -1.17. The molecule has 0 saturated carbocycles. The van der Waals surface area contributed by atoms with Crippen LogP contribution in [0.3, 0.4) is 0 Å². The van der Waals surface area contributed by atoms with Crippen LogP contribution in [0.2, 0.25) is 0 Å². The first-order chi connectivity index (χ1) is 5.46. The molecule has 0 nitrogen and oxygen atoms in total. The Morgan fingerprint density at radius 1 is 0.615 bits per heavy atom. The smallest absolute Gasteiger partial charge is 0.202 e. The molecule has 0 heterocycles. The third kappa shape index (κ3) is 2.18. The zero-order chi connectivity index (χ0) is 9.46. The molecule has 0 atom stereocenters. The van der Waals surface area contributed by atoms with Gasteiger partial charge in [0.1, 0.15) is 0 Å². The van der Waals surface area contributed by atoms with Crippen molar-refractivity contribution in [3.8, 4) is 0 Å². The first-order valence-corrected chi connectivity index (χ1v) is 3.12. The molecule has 1 aromatic carbocycles. The summed E-state index contributed by atoms with van der Waals surface area (Å²) in [6.07, 6.45) is 0. The van der Waals surface area contributed by atoms with Gasteiger partial charge in [-0.05, 0) is 0 Å². The average molecular weight is 223 g/mol. The van der Waals surface area contributed by atoms with E-state index in [0.29, 0.717) is 0 Å². The van der Waals surface area contributed by atoms with E-state index < -0.39 is 34.0 Å². The molecule has 0 aliphatic rings. The van der Waals surface area contributed by atoms with Crippen LogP contribution in [0.4, 0.5) is 22.0 Å². The summed E-state index contributed by atoms with van der Waals surface area (Å²) in [7, 11) is 0. The van der Waals surface area contributed by atoms with E-state index in [2.05, 4.69) is 12.6 Å². The number of thiol groups is 1. The Morgan fingerprint density at radius 3 is 1.15 bits per heavy atom. The minimum absolute atomic E-state index is 0. The van der Waals surface area contributed by atoms with Crippen molar-refractivity contribution in [3.63, 3.8) is 0 Å². The molecule has 13 heavy (non-hydrogen) atoms. The summed E-state index contributed by atoms with van der Waals surface area (Å²) in [6.45, 7) is 0. The van der Waals surface area contributed by atoms with Crippen LogP contribution in [-0.2, 0) is 0 Å². The Labute approximate surface area is 97.8 Å². The van der Waals surface area contributed by atoms with Gasteiger partial charge < -0.3 is 0 Å². The van der Waals surface area contributed by atoms with Gasteiger partial charge in [0.25, 0.3) is 0 Å². The van der Waals surface area contributed by atoms with Crippen molar-refractivity contribution in [1.29, 1.82) is 0 Å². The molecular formula is C6HF5NaS+. The molecular weight excluding hydrogens is 222 g/mol. The van der Waals surface area contributed by atoms with Crippen molar-refractivity contribution in [2.45, 2.75) is 4.90 Å². The van der Waals surface area contributed by atoms with Gasteiger partial charge in [-0.1, -0.05) is 0 Å². The molecule has 0 N–H and O–H groups in total. The molecule has 0 aliphatic carbocycles. The fraction of sp³-hybridized carbons (Fsp3) is 0. The zero-order valence-electron chi connectivity index (χ0n) is 6.34. The third-order valence-electron chi connectivity index (χ3n) is 1.19. The number of halogens is 5. The minimum atomic E-state index is -2.18. The molecule has 0 unspecified atom stereocenters. The molecule has 0 amide bonds. The van der Waals surface area contributed by atoms with Crippen LogP contribution in [-0.4, -0.2) is 0 Å². The fourth-order valence-corrected chi connectivity index (χ4v) is 0.790. The van der Waals surface area contributed by atoms with Crippen molar-refractivity contribution >= 4 is 12.6 Å². The SMILES string of the molecule is Fc1c(F)c(F)c(S)c(F)c1F.[Na+]. The Kier molecular flexibility index (Phi) is 4.71. The topological polar surface area (TPSA) is 0 Å². The Hall–Kier alpha value is 0.220. The maximum atomic E-state index is 12.3. The van der Waals surface area contributed by atoms with Gasteiger partial charge in [0.05, 0.1) is 4.90 Å². The van der Waals surface area contributed by atoms with E-state index in [9.17, 15) is 22.0 Å². The summed E-state index contributed by atoms with van der Waals surface area (Å²) < 4.78 is 61.3. The summed E-state index contributed by atoms with van der Waals surface area (Å²) in [5, 5.41) is 0. The first kappa shape index (κ1) is 13.2. The monoisotopic (exact) mass is 223 g/mol. The number of benzene rings is 1. The van der Waals surface area contributed by atoms with E-state index in [1.54, 1.807) is 0 Å². The Bertz CT molecular complexity index is 235. The zero-order valence-corrected chi connectivity index (χ0v) is 9.23. The van der Waals surface area contributed by atoms with E-state index in [0.717, 1.165) is 0 Å². The average Bonchev–Trinajstić information content (AvgIpc) is 2.08. The third-order valence-corrected chi connectivity index (χ3v) is 1.58. The first-order valence-electron chi connectivity index (χ1n) is 2.67. The molecule has 0 radical (unpaired) electrons. The van der Waals surface area contributed by atoms with Gasteiger partial charge in [-0.3, -0.25) is 0 Å². The van der Waals surface area contributed by atoms with Crippen LogP contribution in [0.5, 0.6) is 0 Å². The van der Waals surface area contributed by atoms with E-state index in [1.807, 2.05) is 0 Å². The number of hydrogen-bond acceptors (Lipinski definition) is 1. The van der Waals surface area contributed by atoms with Crippen molar-refractivity contribution in [1.82, 2.24) is 0 Å². The summed E-state index contributed by atoms with van der Waals surface area (Å²) in [5.41, 5.74) is 0. The van der Waals surface area contributed by atoms with Crippen molar-refractivity contribution < 1.29 is 51.5 Å². The molecule has 1 aromatic rings. The second-order valence-corrected chi connectivity index (χ2v) is 2.37. The predicted molar refractivity (Wildman–Crippen MR) is 33.5 cm³/mol. The second-order valence-electron chi connectivity index (χ2n) is 1.92. The Morgan fingerprint density at radius 2 is 0.846 bits per heavy atom. The number of rotatable bonds is 0. The van der Waals surface area contributed by atoms with Crippen LogP contribution in [0, 0.1) is 29.1 Å². The molecule has 0 aliphatic heterocycles. The van der Waals surface area contributed by atoms with Gasteiger partial charge in [0.15, 0.2) is 23.3 Å². The predicted octanol–water partition coefficient (Wildman–Crippen LogP) is -0.325. The summed E-state index contributed by atoms with van der Waals surface area (Å²) >= 11 is 3.10. The molecule has 0 aromatic heterocycles. The summed E-state index contributed by atoms with van der Waals surface area (Å²) in [5.74, 6) is -10.00. The van der Waals surface area contributed by atoms with Crippen molar-refractivity contribution in [2.24, 2.45) is 0 Å². The summed E-state index contributed by atoms with van der Waals surface area (Å²) in [6, 6.07) is 0. The molecule has 66 valence electrons. The molecule has 7 heteroatoms. The van der Waals surface area contributed by atoms with Gasteiger partial charge in [0, 0.05) is 0 Å². The Balaban J connectivity index is 0.00000144. The van der Waals surface area contributed by atoms with Crippen LogP contribution in [0.1, 0.15) is 0 Å². The van der Waals surface area contributed by atoms with Crippen molar-refractivity contribution in [3.05, 3.63) is 29.1 Å². The normalized spacial score (nSPS) is 9.69. The van der Waals surface area contributed by atoms with Gasteiger partial charge in [0.2, 0.25) is 5.82 Å². The van der Waals surface area contributed by atoms with Crippen molar-refractivity contribution in [2.75, 3.05) is 0 Å². The van der Waals surface area contributed by atoms with Crippen LogP contribution >= 0.6 is 12.6 Å². The second kappa shape index (κ2) is 4.63. The maximum absolute atomic E-state index is 12.3.